The van der Waals surface area contributed by atoms with Gasteiger partial charge in [0, 0.05) is 44.9 Å². The first-order chi connectivity index (χ1) is 12.5. The first-order valence-electron chi connectivity index (χ1n) is 8.68. The van der Waals surface area contributed by atoms with Crippen molar-refractivity contribution in [3.05, 3.63) is 18.2 Å². The maximum Gasteiger partial charge on any atom is 0.253 e. The highest BCUT2D eigenvalue weighted by molar-refractivity contribution is 6.02. The molecule has 0 saturated carbocycles. The Morgan fingerprint density at radius 2 is 1.93 bits per heavy atom. The SMILES string of the molecule is COc1cc(OC)cc(N2CCC(N(C)C(=O)C3CNCCO3)C2=O)c1.Cl. The van der Waals surface area contributed by atoms with Gasteiger partial charge in [0.2, 0.25) is 5.91 Å². The highest BCUT2D eigenvalue weighted by Crippen LogP contribution is 2.31. The number of ether oxygens (including phenoxy) is 3. The van der Waals surface area contributed by atoms with Gasteiger partial charge in [-0.15, -0.1) is 12.4 Å². The van der Waals surface area contributed by atoms with Crippen LogP contribution in [0.1, 0.15) is 6.42 Å². The predicted octanol–water partition coefficient (Wildman–Crippen LogP) is 0.678. The molecule has 27 heavy (non-hydrogen) atoms. The summed E-state index contributed by atoms with van der Waals surface area (Å²) >= 11 is 0. The second-order valence-corrected chi connectivity index (χ2v) is 6.38. The number of carbonyl (C=O) groups excluding carboxylic acids is 2. The number of rotatable bonds is 5. The van der Waals surface area contributed by atoms with Crippen LogP contribution in [0, 0.1) is 0 Å². The Hall–Kier alpha value is -2.03. The number of hydrogen-bond donors (Lipinski definition) is 1. The van der Waals surface area contributed by atoms with Crippen molar-refractivity contribution in [3.63, 3.8) is 0 Å². The number of benzene rings is 1. The van der Waals surface area contributed by atoms with Gasteiger partial charge >= 0.3 is 0 Å². The van der Waals surface area contributed by atoms with E-state index < -0.39 is 12.1 Å². The summed E-state index contributed by atoms with van der Waals surface area (Å²) < 4.78 is 16.1. The molecule has 150 valence electrons. The minimum atomic E-state index is -0.535. The van der Waals surface area contributed by atoms with Gasteiger partial charge in [0.25, 0.3) is 5.91 Å². The third-order valence-corrected chi connectivity index (χ3v) is 4.84. The Morgan fingerprint density at radius 1 is 1.26 bits per heavy atom. The van der Waals surface area contributed by atoms with Gasteiger partial charge in [-0.25, -0.2) is 0 Å². The first-order valence-corrected chi connectivity index (χ1v) is 8.68. The molecule has 2 atom stereocenters. The number of anilines is 1. The summed E-state index contributed by atoms with van der Waals surface area (Å²) in [5.41, 5.74) is 0.699. The standard InChI is InChI=1S/C18H25N3O5.ClH/c1-20(18(23)16-11-19-5-7-26-16)15-4-6-21(17(15)22)12-8-13(24-2)10-14(9-12)25-3;/h8-10,15-16,19H,4-7,11H2,1-3H3;1H. The zero-order valence-electron chi connectivity index (χ0n) is 15.8. The van der Waals surface area contributed by atoms with E-state index in [9.17, 15) is 9.59 Å². The normalized spacial score (nSPS) is 22.2. The van der Waals surface area contributed by atoms with Crippen LogP contribution in [0.3, 0.4) is 0 Å². The zero-order chi connectivity index (χ0) is 18.7. The van der Waals surface area contributed by atoms with Gasteiger partial charge in [-0.1, -0.05) is 0 Å². The van der Waals surface area contributed by atoms with E-state index in [-0.39, 0.29) is 24.2 Å². The predicted molar refractivity (Wildman–Crippen MR) is 103 cm³/mol. The molecular formula is C18H26ClN3O5. The number of halogens is 1. The van der Waals surface area contributed by atoms with Gasteiger partial charge in [-0.05, 0) is 6.42 Å². The highest BCUT2D eigenvalue weighted by Gasteiger charge is 2.39. The maximum atomic E-state index is 12.9. The Balaban J connectivity index is 0.00000261. The molecule has 1 N–H and O–H groups in total. The number of likely N-dealkylation sites (N-methyl/N-ethyl adjacent to an activating group) is 1. The van der Waals surface area contributed by atoms with Crippen molar-refractivity contribution in [2.24, 2.45) is 0 Å². The molecule has 8 nitrogen and oxygen atoms in total. The maximum absolute atomic E-state index is 12.9. The van der Waals surface area contributed by atoms with Gasteiger partial charge in [-0.3, -0.25) is 9.59 Å². The fraction of sp³-hybridized carbons (Fsp3) is 0.556. The number of nitrogens with zero attached hydrogens (tertiary/aromatic N) is 2. The van der Waals surface area contributed by atoms with Crippen LogP contribution >= 0.6 is 12.4 Å². The lowest BCUT2D eigenvalue weighted by atomic mass is 10.2. The first kappa shape index (κ1) is 21.3. The lowest BCUT2D eigenvalue weighted by Gasteiger charge is -2.30. The van der Waals surface area contributed by atoms with Gasteiger partial charge in [0.1, 0.15) is 23.6 Å². The molecule has 2 aliphatic heterocycles. The second-order valence-electron chi connectivity index (χ2n) is 6.38. The molecule has 2 saturated heterocycles. The molecule has 1 aromatic rings. The fourth-order valence-electron chi connectivity index (χ4n) is 3.33. The molecule has 9 heteroatoms. The van der Waals surface area contributed by atoms with Crippen molar-refractivity contribution < 1.29 is 23.8 Å². The molecule has 0 bridgehead atoms. The largest absolute Gasteiger partial charge is 0.497 e. The fourth-order valence-corrected chi connectivity index (χ4v) is 3.33. The van der Waals surface area contributed by atoms with Crippen LogP contribution in [0.25, 0.3) is 0 Å². The van der Waals surface area contributed by atoms with E-state index in [4.69, 9.17) is 14.2 Å². The quantitative estimate of drug-likeness (QED) is 0.784. The van der Waals surface area contributed by atoms with Crippen LogP contribution in [-0.4, -0.2) is 76.4 Å². The van der Waals surface area contributed by atoms with Crippen LogP contribution in [0.15, 0.2) is 18.2 Å². The van der Waals surface area contributed by atoms with Crippen molar-refractivity contribution in [2.75, 3.05) is 52.4 Å². The summed E-state index contributed by atoms with van der Waals surface area (Å²) in [6.07, 6.45) is 0.0355. The Bertz CT molecular complexity index is 659. The topological polar surface area (TPSA) is 80.3 Å². The third-order valence-electron chi connectivity index (χ3n) is 4.84. The van der Waals surface area contributed by atoms with Crippen molar-refractivity contribution in [1.82, 2.24) is 10.2 Å². The summed E-state index contributed by atoms with van der Waals surface area (Å²) in [4.78, 5) is 28.7. The average molecular weight is 400 g/mol. The van der Waals surface area contributed by atoms with Crippen LogP contribution in [0.5, 0.6) is 11.5 Å². The van der Waals surface area contributed by atoms with Gasteiger partial charge in [-0.2, -0.15) is 0 Å². The van der Waals surface area contributed by atoms with E-state index in [1.807, 2.05) is 0 Å². The molecule has 0 aliphatic carbocycles. The molecule has 2 amide bonds. The summed E-state index contributed by atoms with van der Waals surface area (Å²) in [6, 6.07) is 4.84. The zero-order valence-corrected chi connectivity index (χ0v) is 16.6. The number of nitrogens with one attached hydrogen (secondary N) is 1. The Kier molecular flexibility index (Phi) is 7.29. The van der Waals surface area contributed by atoms with E-state index in [1.165, 1.54) is 4.90 Å². The second kappa shape index (κ2) is 9.25. The van der Waals surface area contributed by atoms with Gasteiger partial charge in [0.05, 0.1) is 26.5 Å². The summed E-state index contributed by atoms with van der Waals surface area (Å²) in [5, 5.41) is 3.14. The third kappa shape index (κ3) is 4.45. The molecule has 2 aliphatic rings. The Morgan fingerprint density at radius 3 is 2.48 bits per heavy atom. The summed E-state index contributed by atoms with van der Waals surface area (Å²) in [5.74, 6) is 0.948. The van der Waals surface area contributed by atoms with Gasteiger partial charge < -0.3 is 29.3 Å². The molecule has 0 spiro atoms. The molecule has 1 aromatic carbocycles. The van der Waals surface area contributed by atoms with Crippen molar-refractivity contribution in [1.29, 1.82) is 0 Å². The molecule has 0 aromatic heterocycles. The Labute approximate surface area is 165 Å². The van der Waals surface area contributed by atoms with E-state index in [1.54, 1.807) is 44.4 Å². The number of methoxy groups -OCH3 is 2. The van der Waals surface area contributed by atoms with E-state index in [2.05, 4.69) is 5.32 Å². The minimum absolute atomic E-state index is 0. The monoisotopic (exact) mass is 399 g/mol. The summed E-state index contributed by atoms with van der Waals surface area (Å²) in [7, 11) is 4.80. The van der Waals surface area contributed by atoms with Crippen LogP contribution in [0.4, 0.5) is 5.69 Å². The van der Waals surface area contributed by atoms with E-state index in [0.717, 1.165) is 6.54 Å². The molecular weight excluding hydrogens is 374 g/mol. The molecule has 2 fully saturated rings. The number of carbonyl (C=O) groups is 2. The van der Waals surface area contributed by atoms with Gasteiger partial charge in [0.15, 0.2) is 0 Å². The van der Waals surface area contributed by atoms with E-state index >= 15 is 0 Å². The van der Waals surface area contributed by atoms with Crippen LogP contribution < -0.4 is 19.7 Å². The smallest absolute Gasteiger partial charge is 0.253 e. The highest BCUT2D eigenvalue weighted by atomic mass is 35.5. The number of hydrogen-bond acceptors (Lipinski definition) is 6. The molecule has 3 rings (SSSR count). The van der Waals surface area contributed by atoms with Crippen molar-refractivity contribution in [2.45, 2.75) is 18.6 Å². The minimum Gasteiger partial charge on any atom is -0.497 e. The lowest BCUT2D eigenvalue weighted by molar-refractivity contribution is -0.148. The van der Waals surface area contributed by atoms with Crippen molar-refractivity contribution >= 4 is 29.9 Å². The van der Waals surface area contributed by atoms with Crippen LogP contribution in [0.2, 0.25) is 0 Å². The number of morpholine rings is 1. The van der Waals surface area contributed by atoms with Crippen LogP contribution in [-0.2, 0) is 14.3 Å². The van der Waals surface area contributed by atoms with E-state index in [0.29, 0.717) is 43.3 Å². The lowest BCUT2D eigenvalue weighted by Crippen LogP contribution is -2.52. The summed E-state index contributed by atoms with van der Waals surface area (Å²) in [6.45, 7) is 2.24. The molecule has 2 heterocycles. The van der Waals surface area contributed by atoms with Crippen molar-refractivity contribution in [3.8, 4) is 11.5 Å². The molecule has 0 radical (unpaired) electrons. The average Bonchev–Trinajstić information content (AvgIpc) is 3.08. The number of amides is 2. The molecule has 2 unspecified atom stereocenters.